The Kier molecular flexibility index (Phi) is 2.84. The van der Waals surface area contributed by atoms with E-state index in [9.17, 15) is 4.79 Å². The fraction of sp³-hybridized carbons (Fsp3) is 0.231. The van der Waals surface area contributed by atoms with Crippen molar-refractivity contribution in [2.24, 2.45) is 0 Å². The average molecular weight is 229 g/mol. The Bertz CT molecular complexity index is 665. The normalized spacial score (nSPS) is 10.2. The van der Waals surface area contributed by atoms with Gasteiger partial charge in [0.25, 0.3) is 0 Å². The Hall–Kier alpha value is -2.28. The highest BCUT2D eigenvalue weighted by Crippen LogP contribution is 2.27. The van der Waals surface area contributed by atoms with Gasteiger partial charge in [-0.3, -0.25) is 0 Å². The molecule has 0 fully saturated rings. The van der Waals surface area contributed by atoms with Crippen molar-refractivity contribution in [1.29, 1.82) is 5.26 Å². The molecule has 0 aliphatic heterocycles. The Labute approximate surface area is 98.0 Å². The highest BCUT2D eigenvalue weighted by molar-refractivity contribution is 5.85. The Morgan fingerprint density at radius 1 is 1.47 bits per heavy atom. The zero-order chi connectivity index (χ0) is 12.4. The van der Waals surface area contributed by atoms with Gasteiger partial charge >= 0.3 is 5.63 Å². The van der Waals surface area contributed by atoms with Gasteiger partial charge < -0.3 is 9.15 Å². The molecule has 2 aromatic rings. The molecule has 0 radical (unpaired) electrons. The second-order valence-electron chi connectivity index (χ2n) is 3.59. The molecule has 0 bridgehead atoms. The summed E-state index contributed by atoms with van der Waals surface area (Å²) in [5.41, 5.74) is 0.756. The molecule has 0 amide bonds. The molecule has 0 atom stereocenters. The number of nitriles is 1. The van der Waals surface area contributed by atoms with E-state index >= 15 is 0 Å². The number of methoxy groups -OCH3 is 1. The monoisotopic (exact) mass is 229 g/mol. The van der Waals surface area contributed by atoms with Crippen molar-refractivity contribution >= 4 is 11.0 Å². The molecule has 1 heterocycles. The van der Waals surface area contributed by atoms with Crippen molar-refractivity contribution in [2.45, 2.75) is 13.3 Å². The summed E-state index contributed by atoms with van der Waals surface area (Å²) >= 11 is 0. The highest BCUT2D eigenvalue weighted by Gasteiger charge is 2.14. The Balaban J connectivity index is 2.89. The molecule has 0 aliphatic rings. The molecule has 0 saturated carbocycles. The van der Waals surface area contributed by atoms with Gasteiger partial charge in [-0.2, -0.15) is 5.26 Å². The molecule has 4 heteroatoms. The number of ether oxygens (including phenoxy) is 1. The van der Waals surface area contributed by atoms with Gasteiger partial charge in [0.1, 0.15) is 11.7 Å². The van der Waals surface area contributed by atoms with Crippen molar-refractivity contribution in [3.8, 4) is 11.8 Å². The maximum Gasteiger partial charge on any atom is 0.358 e. The first-order valence-electron chi connectivity index (χ1n) is 5.25. The van der Waals surface area contributed by atoms with E-state index in [0.29, 0.717) is 11.0 Å². The third-order valence-corrected chi connectivity index (χ3v) is 2.65. The lowest BCUT2D eigenvalue weighted by Gasteiger charge is -2.06. The van der Waals surface area contributed by atoms with E-state index in [-0.39, 0.29) is 11.3 Å². The van der Waals surface area contributed by atoms with Crippen LogP contribution in [0.3, 0.4) is 0 Å². The lowest BCUT2D eigenvalue weighted by molar-refractivity contribution is 0.411. The van der Waals surface area contributed by atoms with Crippen LogP contribution in [-0.4, -0.2) is 7.11 Å². The molecule has 0 saturated heterocycles. The van der Waals surface area contributed by atoms with Crippen LogP contribution in [0.1, 0.15) is 18.1 Å². The fourth-order valence-corrected chi connectivity index (χ4v) is 1.75. The topological polar surface area (TPSA) is 63.2 Å². The van der Waals surface area contributed by atoms with Crippen LogP contribution in [-0.2, 0) is 6.42 Å². The summed E-state index contributed by atoms with van der Waals surface area (Å²) in [6.45, 7) is 2.01. The summed E-state index contributed by atoms with van der Waals surface area (Å²) in [6.07, 6.45) is 0.849. The van der Waals surface area contributed by atoms with Crippen LogP contribution >= 0.6 is 0 Å². The van der Waals surface area contributed by atoms with Gasteiger partial charge in [-0.1, -0.05) is 13.0 Å². The second kappa shape index (κ2) is 4.30. The third-order valence-electron chi connectivity index (χ3n) is 2.65. The van der Waals surface area contributed by atoms with Crippen LogP contribution in [0.15, 0.2) is 27.4 Å². The van der Waals surface area contributed by atoms with E-state index in [1.807, 2.05) is 13.0 Å². The van der Waals surface area contributed by atoms with Crippen molar-refractivity contribution in [3.63, 3.8) is 0 Å². The summed E-state index contributed by atoms with van der Waals surface area (Å²) in [5, 5.41) is 9.54. The number of hydrogen-bond acceptors (Lipinski definition) is 4. The van der Waals surface area contributed by atoms with E-state index in [0.717, 1.165) is 12.0 Å². The van der Waals surface area contributed by atoms with Gasteiger partial charge in [-0.25, -0.2) is 4.79 Å². The van der Waals surface area contributed by atoms with Gasteiger partial charge in [0.15, 0.2) is 11.3 Å². The molecule has 1 aromatic carbocycles. The summed E-state index contributed by atoms with van der Waals surface area (Å²) in [5.74, 6) is 0.279. The van der Waals surface area contributed by atoms with Crippen LogP contribution in [0.25, 0.3) is 11.0 Å². The molecule has 0 aliphatic carbocycles. The quantitative estimate of drug-likeness (QED) is 0.741. The Morgan fingerprint density at radius 2 is 2.24 bits per heavy atom. The number of rotatable bonds is 2. The molecule has 2 rings (SSSR count). The number of nitrogens with zero attached hydrogens (tertiary/aromatic N) is 1. The van der Waals surface area contributed by atoms with Crippen molar-refractivity contribution in [2.75, 3.05) is 7.11 Å². The van der Waals surface area contributed by atoms with Crippen molar-refractivity contribution in [3.05, 3.63) is 39.7 Å². The van der Waals surface area contributed by atoms with Gasteiger partial charge in [0.2, 0.25) is 0 Å². The van der Waals surface area contributed by atoms with E-state index in [1.54, 1.807) is 18.2 Å². The molecule has 0 unspecified atom stereocenters. The molecular formula is C13H11NO3. The molecule has 0 spiro atoms. The predicted molar refractivity (Wildman–Crippen MR) is 63.1 cm³/mol. The molecule has 17 heavy (non-hydrogen) atoms. The lowest BCUT2D eigenvalue weighted by Crippen LogP contribution is -2.07. The first-order valence-corrected chi connectivity index (χ1v) is 5.25. The first kappa shape index (κ1) is 11.2. The standard InChI is InChI=1S/C13H11NO3/c1-3-8-4-5-9-11(6-8)17-13(15)10(7-14)12(9)16-2/h4-6H,3H2,1-2H3. The molecule has 4 nitrogen and oxygen atoms in total. The predicted octanol–water partition coefficient (Wildman–Crippen LogP) is 2.24. The summed E-state index contributed by atoms with van der Waals surface area (Å²) in [7, 11) is 1.43. The van der Waals surface area contributed by atoms with Gasteiger partial charge in [-0.05, 0) is 24.1 Å². The largest absolute Gasteiger partial charge is 0.494 e. The number of aryl methyl sites for hydroxylation is 1. The van der Waals surface area contributed by atoms with E-state index in [1.165, 1.54) is 7.11 Å². The average Bonchev–Trinajstić information content (AvgIpc) is 2.36. The van der Waals surface area contributed by atoms with Gasteiger partial charge in [-0.15, -0.1) is 0 Å². The number of hydrogen-bond donors (Lipinski definition) is 0. The minimum Gasteiger partial charge on any atom is -0.494 e. The molecule has 1 aromatic heterocycles. The second-order valence-corrected chi connectivity index (χ2v) is 3.59. The zero-order valence-corrected chi connectivity index (χ0v) is 9.61. The number of fused-ring (bicyclic) bond motifs is 1. The van der Waals surface area contributed by atoms with Crippen LogP contribution < -0.4 is 10.4 Å². The maximum absolute atomic E-state index is 11.6. The smallest absolute Gasteiger partial charge is 0.358 e. The molecule has 0 N–H and O–H groups in total. The SMILES string of the molecule is CCc1ccc2c(OC)c(C#N)c(=O)oc2c1. The van der Waals surface area contributed by atoms with E-state index in [2.05, 4.69) is 0 Å². The lowest BCUT2D eigenvalue weighted by atomic mass is 10.1. The van der Waals surface area contributed by atoms with E-state index in [4.69, 9.17) is 14.4 Å². The summed E-state index contributed by atoms with van der Waals surface area (Å²) in [4.78, 5) is 11.6. The van der Waals surface area contributed by atoms with E-state index < -0.39 is 5.63 Å². The van der Waals surface area contributed by atoms with Crippen LogP contribution in [0.4, 0.5) is 0 Å². The van der Waals surface area contributed by atoms with Crippen LogP contribution in [0.5, 0.6) is 5.75 Å². The minimum atomic E-state index is -0.662. The minimum absolute atomic E-state index is 0.0933. The maximum atomic E-state index is 11.6. The Morgan fingerprint density at radius 3 is 2.82 bits per heavy atom. The fourth-order valence-electron chi connectivity index (χ4n) is 1.75. The number of benzene rings is 1. The first-order chi connectivity index (χ1) is 8.21. The highest BCUT2D eigenvalue weighted by atomic mass is 16.5. The van der Waals surface area contributed by atoms with Crippen molar-refractivity contribution in [1.82, 2.24) is 0 Å². The van der Waals surface area contributed by atoms with Crippen LogP contribution in [0.2, 0.25) is 0 Å². The molecular weight excluding hydrogens is 218 g/mol. The van der Waals surface area contributed by atoms with Crippen molar-refractivity contribution < 1.29 is 9.15 Å². The molecule has 86 valence electrons. The summed E-state index contributed by atoms with van der Waals surface area (Å²) < 4.78 is 10.2. The van der Waals surface area contributed by atoms with Gasteiger partial charge in [0, 0.05) is 0 Å². The van der Waals surface area contributed by atoms with Crippen LogP contribution in [0, 0.1) is 11.3 Å². The third kappa shape index (κ3) is 1.76. The van der Waals surface area contributed by atoms with Gasteiger partial charge in [0.05, 0.1) is 12.5 Å². The zero-order valence-electron chi connectivity index (χ0n) is 9.61. The summed E-state index contributed by atoms with van der Waals surface area (Å²) in [6, 6.07) is 7.32.